The Morgan fingerprint density at radius 1 is 0.955 bits per heavy atom. The molecule has 1 fully saturated rings. The number of benzene rings is 2. The van der Waals surface area contributed by atoms with Gasteiger partial charge in [-0.1, -0.05) is 36.4 Å². The van der Waals surface area contributed by atoms with Crippen molar-refractivity contribution in [1.82, 2.24) is 4.90 Å². The fourth-order valence-corrected chi connectivity index (χ4v) is 2.47. The summed E-state index contributed by atoms with van der Waals surface area (Å²) in [5, 5.41) is 2.79. The van der Waals surface area contributed by atoms with Crippen LogP contribution in [0, 0.1) is 0 Å². The summed E-state index contributed by atoms with van der Waals surface area (Å²) in [6.45, 7) is 1.22. The molecule has 112 valence electrons. The fraction of sp³-hybridized carbons (Fsp3) is 0.176. The number of nitrogens with one attached hydrogen (secondary N) is 1. The van der Waals surface area contributed by atoms with Gasteiger partial charge in [0.2, 0.25) is 5.91 Å². The van der Waals surface area contributed by atoms with E-state index in [9.17, 15) is 9.59 Å². The number of urea groups is 1. The van der Waals surface area contributed by atoms with E-state index < -0.39 is 0 Å². The van der Waals surface area contributed by atoms with Crippen molar-refractivity contribution in [1.29, 1.82) is 0 Å². The molecule has 22 heavy (non-hydrogen) atoms. The third-order valence-corrected chi connectivity index (χ3v) is 3.55. The molecule has 0 radical (unpaired) electrons. The van der Waals surface area contributed by atoms with E-state index in [4.69, 9.17) is 0 Å². The van der Waals surface area contributed by atoms with Gasteiger partial charge in [0.15, 0.2) is 0 Å². The molecular formula is C17H17N3O2. The topological polar surface area (TPSA) is 52.7 Å². The van der Waals surface area contributed by atoms with Gasteiger partial charge in [0.25, 0.3) is 0 Å². The van der Waals surface area contributed by atoms with Gasteiger partial charge in [-0.2, -0.15) is 0 Å². The molecule has 1 N–H and O–H groups in total. The number of hydrogen-bond donors (Lipinski definition) is 1. The zero-order chi connectivity index (χ0) is 15.4. The molecule has 1 aliphatic heterocycles. The Balaban J connectivity index is 1.60. The number of para-hydroxylation sites is 2. The van der Waals surface area contributed by atoms with Crippen molar-refractivity contribution < 1.29 is 9.59 Å². The van der Waals surface area contributed by atoms with Crippen molar-refractivity contribution in [2.45, 2.75) is 0 Å². The number of anilines is 2. The third-order valence-electron chi connectivity index (χ3n) is 3.55. The van der Waals surface area contributed by atoms with Crippen LogP contribution in [0.15, 0.2) is 60.7 Å². The zero-order valence-corrected chi connectivity index (χ0v) is 12.1. The summed E-state index contributed by atoms with van der Waals surface area (Å²) >= 11 is 0. The van der Waals surface area contributed by atoms with Crippen molar-refractivity contribution in [2.24, 2.45) is 0 Å². The second-order valence-corrected chi connectivity index (χ2v) is 5.11. The van der Waals surface area contributed by atoms with Gasteiger partial charge in [-0.15, -0.1) is 0 Å². The summed E-state index contributed by atoms with van der Waals surface area (Å²) in [4.78, 5) is 27.7. The summed E-state index contributed by atoms with van der Waals surface area (Å²) in [5.41, 5.74) is 1.59. The molecule has 0 unspecified atom stereocenters. The normalized spacial score (nSPS) is 14.3. The van der Waals surface area contributed by atoms with Crippen LogP contribution in [0.1, 0.15) is 0 Å². The van der Waals surface area contributed by atoms with Gasteiger partial charge in [0.05, 0.1) is 0 Å². The van der Waals surface area contributed by atoms with Gasteiger partial charge in [0, 0.05) is 24.5 Å². The second kappa shape index (κ2) is 6.30. The van der Waals surface area contributed by atoms with Crippen LogP contribution in [-0.4, -0.2) is 36.5 Å². The van der Waals surface area contributed by atoms with Gasteiger partial charge in [-0.3, -0.25) is 9.69 Å². The molecule has 1 heterocycles. The number of hydrogen-bond acceptors (Lipinski definition) is 2. The molecular weight excluding hydrogens is 278 g/mol. The first-order valence-electron chi connectivity index (χ1n) is 7.20. The first kappa shape index (κ1) is 14.1. The lowest BCUT2D eigenvalue weighted by Gasteiger charge is -2.18. The third kappa shape index (κ3) is 3.09. The number of carbonyl (C=O) groups excluding carboxylic acids is 2. The molecule has 0 spiro atoms. The Labute approximate surface area is 129 Å². The fourth-order valence-electron chi connectivity index (χ4n) is 2.47. The highest BCUT2D eigenvalue weighted by Crippen LogP contribution is 2.19. The molecule has 3 amide bonds. The van der Waals surface area contributed by atoms with E-state index >= 15 is 0 Å². The van der Waals surface area contributed by atoms with Crippen LogP contribution < -0.4 is 10.2 Å². The molecule has 0 aromatic heterocycles. The van der Waals surface area contributed by atoms with E-state index in [1.165, 1.54) is 0 Å². The molecule has 3 rings (SSSR count). The summed E-state index contributed by atoms with van der Waals surface area (Å²) in [6, 6.07) is 18.6. The van der Waals surface area contributed by atoms with Gasteiger partial charge in [-0.05, 0) is 24.3 Å². The van der Waals surface area contributed by atoms with Gasteiger partial charge >= 0.3 is 6.03 Å². The smallest absolute Gasteiger partial charge is 0.325 e. The van der Waals surface area contributed by atoms with Crippen molar-refractivity contribution in [3.63, 3.8) is 0 Å². The average Bonchev–Trinajstić information content (AvgIpc) is 2.90. The molecule has 5 nitrogen and oxygen atoms in total. The molecule has 5 heteroatoms. The van der Waals surface area contributed by atoms with Crippen LogP contribution in [-0.2, 0) is 4.79 Å². The Morgan fingerprint density at radius 2 is 1.59 bits per heavy atom. The second-order valence-electron chi connectivity index (χ2n) is 5.11. The molecule has 2 aromatic rings. The Morgan fingerprint density at radius 3 is 2.27 bits per heavy atom. The van der Waals surface area contributed by atoms with Gasteiger partial charge in [-0.25, -0.2) is 4.79 Å². The highest BCUT2D eigenvalue weighted by Gasteiger charge is 2.30. The Hall–Kier alpha value is -2.82. The first-order valence-corrected chi connectivity index (χ1v) is 7.20. The Kier molecular flexibility index (Phi) is 4.05. The minimum atomic E-state index is -0.186. The minimum Gasteiger partial charge on any atom is -0.325 e. The molecule has 1 aliphatic rings. The van der Waals surface area contributed by atoms with Crippen LogP contribution in [0.25, 0.3) is 0 Å². The molecule has 1 saturated heterocycles. The lowest BCUT2D eigenvalue weighted by molar-refractivity contribution is -0.116. The highest BCUT2D eigenvalue weighted by molar-refractivity contribution is 5.99. The summed E-state index contributed by atoms with van der Waals surface area (Å²) in [7, 11) is 0. The van der Waals surface area contributed by atoms with Crippen molar-refractivity contribution >= 4 is 23.3 Å². The SMILES string of the molecule is O=C(CN1CCN(c2ccccc2)C1=O)Nc1ccccc1. The maximum absolute atomic E-state index is 12.4. The number of nitrogens with zero attached hydrogens (tertiary/aromatic N) is 2. The predicted octanol–water partition coefficient (Wildman–Crippen LogP) is 2.57. The number of amides is 3. The molecule has 0 aliphatic carbocycles. The van der Waals surface area contributed by atoms with E-state index in [1.54, 1.807) is 9.80 Å². The van der Waals surface area contributed by atoms with Crippen LogP contribution in [0.4, 0.5) is 16.2 Å². The van der Waals surface area contributed by atoms with Crippen LogP contribution in [0.5, 0.6) is 0 Å². The zero-order valence-electron chi connectivity index (χ0n) is 12.1. The average molecular weight is 295 g/mol. The van der Waals surface area contributed by atoms with E-state index in [0.29, 0.717) is 13.1 Å². The van der Waals surface area contributed by atoms with Crippen LogP contribution in [0.2, 0.25) is 0 Å². The summed E-state index contributed by atoms with van der Waals surface area (Å²) in [5.74, 6) is -0.186. The molecule has 0 atom stereocenters. The first-order chi connectivity index (χ1) is 10.7. The van der Waals surface area contributed by atoms with E-state index in [-0.39, 0.29) is 18.5 Å². The lowest BCUT2D eigenvalue weighted by Crippen LogP contribution is -2.37. The van der Waals surface area contributed by atoms with Crippen molar-refractivity contribution in [2.75, 3.05) is 29.9 Å². The molecule has 0 saturated carbocycles. The Bertz CT molecular complexity index is 658. The summed E-state index contributed by atoms with van der Waals surface area (Å²) in [6.07, 6.45) is 0. The van der Waals surface area contributed by atoms with Crippen LogP contribution >= 0.6 is 0 Å². The minimum absolute atomic E-state index is 0.0665. The lowest BCUT2D eigenvalue weighted by atomic mass is 10.3. The predicted molar refractivity (Wildman–Crippen MR) is 85.8 cm³/mol. The van der Waals surface area contributed by atoms with Crippen LogP contribution in [0.3, 0.4) is 0 Å². The van der Waals surface area contributed by atoms with Crippen molar-refractivity contribution in [3.05, 3.63) is 60.7 Å². The maximum Gasteiger partial charge on any atom is 0.325 e. The van der Waals surface area contributed by atoms with E-state index in [0.717, 1.165) is 11.4 Å². The van der Waals surface area contributed by atoms with Gasteiger partial charge in [0.1, 0.15) is 6.54 Å². The van der Waals surface area contributed by atoms with Gasteiger partial charge < -0.3 is 10.2 Å². The number of carbonyl (C=O) groups is 2. The molecule has 2 aromatic carbocycles. The van der Waals surface area contributed by atoms with E-state index in [1.807, 2.05) is 60.7 Å². The molecule has 0 bridgehead atoms. The summed E-state index contributed by atoms with van der Waals surface area (Å²) < 4.78 is 0. The number of rotatable bonds is 4. The quantitative estimate of drug-likeness (QED) is 0.942. The maximum atomic E-state index is 12.4. The highest BCUT2D eigenvalue weighted by atomic mass is 16.2. The standard InChI is InChI=1S/C17H17N3O2/c21-16(18-14-7-3-1-4-8-14)13-19-11-12-20(17(19)22)15-9-5-2-6-10-15/h1-10H,11-13H2,(H,18,21). The largest absolute Gasteiger partial charge is 0.325 e. The van der Waals surface area contributed by atoms with E-state index in [2.05, 4.69) is 5.32 Å². The monoisotopic (exact) mass is 295 g/mol. The van der Waals surface area contributed by atoms with Crippen molar-refractivity contribution in [3.8, 4) is 0 Å².